The molecule has 0 fully saturated rings. The number of hydrogen-bond donors (Lipinski definition) is 1. The zero-order chi connectivity index (χ0) is 11.8. The van der Waals surface area contributed by atoms with Crippen molar-refractivity contribution in [1.82, 2.24) is 4.90 Å². The largest absolute Gasteiger partial charge is 0.330 e. The molecule has 3 nitrogen and oxygen atoms in total. The second-order valence-electron chi connectivity index (χ2n) is 3.88. The monoisotopic (exact) mass is 210 g/mol. The van der Waals surface area contributed by atoms with Crippen LogP contribution in [0.2, 0.25) is 0 Å². The fourth-order valence-corrected chi connectivity index (χ4v) is 1.36. The van der Waals surface area contributed by atoms with Crippen LogP contribution in [0.15, 0.2) is 0 Å². The number of carbonyl (C=O) groups is 1. The highest BCUT2D eigenvalue weighted by Gasteiger charge is 2.23. The summed E-state index contributed by atoms with van der Waals surface area (Å²) in [5.41, 5.74) is 5.87. The molecule has 2 unspecified atom stereocenters. The van der Waals surface area contributed by atoms with Crippen LogP contribution in [-0.4, -0.2) is 29.9 Å². The molecule has 0 saturated carbocycles. The van der Waals surface area contributed by atoms with Gasteiger partial charge in [0.1, 0.15) is 0 Å². The zero-order valence-electron chi connectivity index (χ0n) is 9.99. The van der Waals surface area contributed by atoms with Gasteiger partial charge in [0.15, 0.2) is 0 Å². The molecule has 86 valence electrons. The van der Waals surface area contributed by atoms with E-state index in [1.54, 1.807) is 4.90 Å². The van der Waals surface area contributed by atoms with E-state index in [-0.39, 0.29) is 11.8 Å². The first kappa shape index (κ1) is 14.0. The van der Waals surface area contributed by atoms with E-state index in [4.69, 9.17) is 12.2 Å². The van der Waals surface area contributed by atoms with Crippen LogP contribution < -0.4 is 5.73 Å². The van der Waals surface area contributed by atoms with Gasteiger partial charge in [0.05, 0.1) is 12.6 Å². The van der Waals surface area contributed by atoms with Gasteiger partial charge in [-0.2, -0.15) is 0 Å². The van der Waals surface area contributed by atoms with Crippen LogP contribution in [0.3, 0.4) is 0 Å². The van der Waals surface area contributed by atoms with E-state index in [0.717, 1.165) is 12.8 Å². The summed E-state index contributed by atoms with van der Waals surface area (Å²) in [5.74, 6) is 2.67. The van der Waals surface area contributed by atoms with E-state index < -0.39 is 6.04 Å². The number of nitrogens with zero attached hydrogens (tertiary/aromatic N) is 1. The molecule has 0 radical (unpaired) electrons. The molecule has 0 saturated heterocycles. The van der Waals surface area contributed by atoms with Gasteiger partial charge in [-0.15, -0.1) is 6.42 Å². The fourth-order valence-electron chi connectivity index (χ4n) is 1.36. The van der Waals surface area contributed by atoms with Crippen LogP contribution in [0.4, 0.5) is 0 Å². The van der Waals surface area contributed by atoms with Gasteiger partial charge in [0, 0.05) is 6.54 Å². The Labute approximate surface area is 93.0 Å². The van der Waals surface area contributed by atoms with Crippen molar-refractivity contribution in [2.45, 2.75) is 39.7 Å². The Morgan fingerprint density at radius 3 is 2.53 bits per heavy atom. The molecule has 0 bridgehead atoms. The fraction of sp³-hybridized carbons (Fsp3) is 0.750. The van der Waals surface area contributed by atoms with Gasteiger partial charge < -0.3 is 10.6 Å². The number of amides is 1. The van der Waals surface area contributed by atoms with Crippen LogP contribution in [0.25, 0.3) is 0 Å². The summed E-state index contributed by atoms with van der Waals surface area (Å²) in [6, 6.07) is -0.421. The molecule has 15 heavy (non-hydrogen) atoms. The first-order chi connectivity index (χ1) is 7.08. The second kappa shape index (κ2) is 7.30. The van der Waals surface area contributed by atoms with Crippen LogP contribution in [-0.2, 0) is 4.79 Å². The van der Waals surface area contributed by atoms with E-state index in [0.29, 0.717) is 13.1 Å². The molecule has 1 amide bonds. The molecular weight excluding hydrogens is 188 g/mol. The summed E-state index contributed by atoms with van der Waals surface area (Å²) in [5, 5.41) is 0. The van der Waals surface area contributed by atoms with Crippen LogP contribution >= 0.6 is 0 Å². The molecule has 0 aromatic heterocycles. The zero-order valence-corrected chi connectivity index (χ0v) is 9.99. The third-order valence-electron chi connectivity index (χ3n) is 2.63. The normalized spacial score (nSPS) is 14.1. The summed E-state index contributed by atoms with van der Waals surface area (Å²) >= 11 is 0. The van der Waals surface area contributed by atoms with Crippen LogP contribution in [0.5, 0.6) is 0 Å². The topological polar surface area (TPSA) is 46.3 Å². The van der Waals surface area contributed by atoms with Crippen molar-refractivity contribution < 1.29 is 4.79 Å². The number of rotatable bonds is 6. The van der Waals surface area contributed by atoms with Gasteiger partial charge in [-0.25, -0.2) is 0 Å². The number of hydrogen-bond acceptors (Lipinski definition) is 2. The number of terminal acetylenes is 1. The lowest BCUT2D eigenvalue weighted by Gasteiger charge is -2.26. The molecule has 0 rings (SSSR count). The molecule has 0 heterocycles. The Morgan fingerprint density at radius 1 is 1.53 bits per heavy atom. The highest BCUT2D eigenvalue weighted by molar-refractivity contribution is 5.82. The van der Waals surface area contributed by atoms with Gasteiger partial charge in [-0.1, -0.05) is 33.1 Å². The molecule has 0 aliphatic carbocycles. The summed E-state index contributed by atoms with van der Waals surface area (Å²) in [6.07, 6.45) is 7.03. The summed E-state index contributed by atoms with van der Waals surface area (Å²) in [4.78, 5) is 13.6. The molecule has 0 aromatic rings. The SMILES string of the molecule is C#CCN(CCC)C(=O)C(N)C(C)CC. The molecule has 0 spiro atoms. The van der Waals surface area contributed by atoms with Crippen molar-refractivity contribution in [2.75, 3.05) is 13.1 Å². The van der Waals surface area contributed by atoms with Gasteiger partial charge in [-0.05, 0) is 12.3 Å². The highest BCUT2D eigenvalue weighted by Crippen LogP contribution is 2.08. The maximum Gasteiger partial charge on any atom is 0.240 e. The van der Waals surface area contributed by atoms with Gasteiger partial charge >= 0.3 is 0 Å². The smallest absolute Gasteiger partial charge is 0.240 e. The summed E-state index contributed by atoms with van der Waals surface area (Å²) < 4.78 is 0. The minimum Gasteiger partial charge on any atom is -0.330 e. The average molecular weight is 210 g/mol. The minimum absolute atomic E-state index is 0.0239. The molecule has 2 atom stereocenters. The van der Waals surface area contributed by atoms with Crippen molar-refractivity contribution in [1.29, 1.82) is 0 Å². The van der Waals surface area contributed by atoms with E-state index in [9.17, 15) is 4.79 Å². The second-order valence-corrected chi connectivity index (χ2v) is 3.88. The highest BCUT2D eigenvalue weighted by atomic mass is 16.2. The molecular formula is C12H22N2O. The standard InChI is InChI=1S/C12H22N2O/c1-5-8-14(9-6-2)12(15)11(13)10(4)7-3/h1,10-11H,6-9,13H2,2-4H3. The quantitative estimate of drug-likeness (QED) is 0.670. The third kappa shape index (κ3) is 4.35. The predicted molar refractivity (Wildman–Crippen MR) is 63.1 cm³/mol. The first-order valence-corrected chi connectivity index (χ1v) is 5.56. The maximum absolute atomic E-state index is 11.9. The van der Waals surface area contributed by atoms with E-state index >= 15 is 0 Å². The summed E-state index contributed by atoms with van der Waals surface area (Å²) in [6.45, 7) is 7.08. The van der Waals surface area contributed by atoms with Crippen molar-refractivity contribution >= 4 is 5.91 Å². The lowest BCUT2D eigenvalue weighted by Crippen LogP contribution is -2.47. The minimum atomic E-state index is -0.421. The Balaban J connectivity index is 4.42. The Bertz CT molecular complexity index is 232. The Morgan fingerprint density at radius 2 is 2.13 bits per heavy atom. The van der Waals surface area contributed by atoms with Gasteiger partial charge in [-0.3, -0.25) is 4.79 Å². The molecule has 3 heteroatoms. The molecule has 0 aliphatic heterocycles. The molecule has 2 N–H and O–H groups in total. The van der Waals surface area contributed by atoms with E-state index in [1.807, 2.05) is 20.8 Å². The van der Waals surface area contributed by atoms with Gasteiger partial charge in [0.2, 0.25) is 5.91 Å². The Kier molecular flexibility index (Phi) is 6.81. The third-order valence-corrected chi connectivity index (χ3v) is 2.63. The Hall–Kier alpha value is -1.01. The lowest BCUT2D eigenvalue weighted by atomic mass is 9.99. The molecule has 0 aliphatic rings. The summed E-state index contributed by atoms with van der Waals surface area (Å²) in [7, 11) is 0. The first-order valence-electron chi connectivity index (χ1n) is 5.56. The van der Waals surface area contributed by atoms with E-state index in [2.05, 4.69) is 5.92 Å². The molecule has 0 aromatic carbocycles. The van der Waals surface area contributed by atoms with Crippen molar-refractivity contribution in [3.8, 4) is 12.3 Å². The van der Waals surface area contributed by atoms with Crippen LogP contribution in [0.1, 0.15) is 33.6 Å². The average Bonchev–Trinajstić information content (AvgIpc) is 2.25. The van der Waals surface area contributed by atoms with Crippen molar-refractivity contribution in [3.63, 3.8) is 0 Å². The predicted octanol–water partition coefficient (Wildman–Crippen LogP) is 1.23. The lowest BCUT2D eigenvalue weighted by molar-refractivity contribution is -0.133. The number of carbonyl (C=O) groups excluding carboxylic acids is 1. The van der Waals surface area contributed by atoms with Crippen LogP contribution in [0, 0.1) is 18.3 Å². The van der Waals surface area contributed by atoms with Crippen molar-refractivity contribution in [2.24, 2.45) is 11.7 Å². The maximum atomic E-state index is 11.9. The van der Waals surface area contributed by atoms with E-state index in [1.165, 1.54) is 0 Å². The number of nitrogens with two attached hydrogens (primary N) is 1. The van der Waals surface area contributed by atoms with Crippen molar-refractivity contribution in [3.05, 3.63) is 0 Å². The van der Waals surface area contributed by atoms with Gasteiger partial charge in [0.25, 0.3) is 0 Å².